The highest BCUT2D eigenvalue weighted by Crippen LogP contribution is 2.19. The van der Waals surface area contributed by atoms with Crippen molar-refractivity contribution < 1.29 is 29.1 Å². The van der Waals surface area contributed by atoms with E-state index in [0.717, 1.165) is 10.9 Å². The monoisotopic (exact) mass is 558 g/mol. The van der Waals surface area contributed by atoms with E-state index >= 15 is 0 Å². The molecule has 4 amide bonds. The number of para-hydroxylation sites is 1. The maximum Gasteiger partial charge on any atom is 0.326 e. The average Bonchev–Trinajstić information content (AvgIpc) is 3.55. The molecule has 1 aromatic carbocycles. The number of aromatic amines is 2. The highest BCUT2D eigenvalue weighted by Gasteiger charge is 2.31. The number of nitrogens with zero attached hydrogens (tertiary/aromatic N) is 1. The summed E-state index contributed by atoms with van der Waals surface area (Å²) in [6.45, 7) is 0. The summed E-state index contributed by atoms with van der Waals surface area (Å²) in [6.07, 6.45) is 4.07. The van der Waals surface area contributed by atoms with Gasteiger partial charge in [-0.3, -0.25) is 19.2 Å². The number of carboxylic acid groups (broad SMARTS) is 1. The molecule has 208 valence electrons. The molecule has 0 fully saturated rings. The van der Waals surface area contributed by atoms with Crippen LogP contribution in [0.5, 0.6) is 0 Å². The van der Waals surface area contributed by atoms with Gasteiger partial charge in [-0.2, -0.15) is 12.6 Å². The third-order valence-electron chi connectivity index (χ3n) is 5.90. The largest absolute Gasteiger partial charge is 0.480 e. The molecule has 4 atom stereocenters. The van der Waals surface area contributed by atoms with E-state index in [1.54, 1.807) is 6.20 Å². The molecule has 4 unspecified atom stereocenters. The minimum atomic E-state index is -1.43. The van der Waals surface area contributed by atoms with E-state index in [0.29, 0.717) is 11.3 Å². The van der Waals surface area contributed by atoms with Crippen LogP contribution in [0, 0.1) is 0 Å². The molecular formula is C24H30N8O6S. The molecule has 0 aliphatic heterocycles. The van der Waals surface area contributed by atoms with Gasteiger partial charge in [0.15, 0.2) is 0 Å². The number of carbonyl (C=O) groups is 5. The number of hydrogen-bond acceptors (Lipinski definition) is 8. The number of amides is 4. The van der Waals surface area contributed by atoms with Crippen LogP contribution in [-0.2, 0) is 36.8 Å². The minimum absolute atomic E-state index is 0.0209. The maximum atomic E-state index is 12.9. The fraction of sp³-hybridized carbons (Fsp3) is 0.333. The number of aromatic nitrogens is 3. The Labute approximate surface area is 228 Å². The number of primary amides is 1. The van der Waals surface area contributed by atoms with Crippen molar-refractivity contribution in [2.45, 2.75) is 43.4 Å². The van der Waals surface area contributed by atoms with Crippen molar-refractivity contribution in [3.05, 3.63) is 54.2 Å². The van der Waals surface area contributed by atoms with E-state index in [-0.39, 0.29) is 18.6 Å². The Morgan fingerprint density at radius 2 is 1.62 bits per heavy atom. The van der Waals surface area contributed by atoms with Gasteiger partial charge in [-0.1, -0.05) is 18.2 Å². The molecule has 2 heterocycles. The second-order valence-corrected chi connectivity index (χ2v) is 9.19. The van der Waals surface area contributed by atoms with E-state index < -0.39 is 60.2 Å². The molecule has 0 saturated heterocycles. The molecule has 15 heteroatoms. The Hall–Kier alpha value is -4.37. The lowest BCUT2D eigenvalue weighted by Gasteiger charge is -2.24. The number of benzene rings is 1. The van der Waals surface area contributed by atoms with Crippen LogP contribution in [-0.4, -0.2) is 79.6 Å². The van der Waals surface area contributed by atoms with Gasteiger partial charge in [0.1, 0.15) is 18.1 Å². The summed E-state index contributed by atoms with van der Waals surface area (Å²) >= 11 is 4.10. The molecule has 0 aliphatic rings. The molecule has 14 nitrogen and oxygen atoms in total. The predicted octanol–water partition coefficient (Wildman–Crippen LogP) is -1.65. The number of carbonyl (C=O) groups excluding carboxylic acids is 4. The van der Waals surface area contributed by atoms with Crippen LogP contribution in [0.25, 0.3) is 10.9 Å². The first kappa shape index (κ1) is 29.2. The summed E-state index contributed by atoms with van der Waals surface area (Å²) in [5, 5.41) is 17.7. The number of rotatable bonds is 14. The number of thiol groups is 1. The van der Waals surface area contributed by atoms with Gasteiger partial charge in [-0.15, -0.1) is 0 Å². The summed E-state index contributed by atoms with van der Waals surface area (Å²) in [6, 6.07) is 2.22. The van der Waals surface area contributed by atoms with Crippen LogP contribution in [0.15, 0.2) is 43.0 Å². The Balaban J connectivity index is 1.65. The van der Waals surface area contributed by atoms with Crippen LogP contribution in [0.3, 0.4) is 0 Å². The highest BCUT2D eigenvalue weighted by molar-refractivity contribution is 7.80. The third kappa shape index (κ3) is 8.05. The molecule has 0 radical (unpaired) electrons. The summed E-state index contributed by atoms with van der Waals surface area (Å²) < 4.78 is 0. The van der Waals surface area contributed by atoms with Gasteiger partial charge in [0.2, 0.25) is 23.6 Å². The molecular weight excluding hydrogens is 528 g/mol. The van der Waals surface area contributed by atoms with Crippen molar-refractivity contribution >= 4 is 53.1 Å². The van der Waals surface area contributed by atoms with Gasteiger partial charge < -0.3 is 42.5 Å². The van der Waals surface area contributed by atoms with Crippen molar-refractivity contribution in [3.8, 4) is 0 Å². The zero-order valence-electron chi connectivity index (χ0n) is 20.7. The Morgan fingerprint density at radius 3 is 2.26 bits per heavy atom. The zero-order chi connectivity index (χ0) is 28.5. The first-order chi connectivity index (χ1) is 18.6. The average molecular weight is 559 g/mol. The molecule has 0 saturated carbocycles. The second-order valence-electron chi connectivity index (χ2n) is 8.83. The van der Waals surface area contributed by atoms with Crippen molar-refractivity contribution in [3.63, 3.8) is 0 Å². The van der Waals surface area contributed by atoms with E-state index in [9.17, 15) is 29.1 Å². The number of nitrogens with two attached hydrogens (primary N) is 2. The molecule has 3 aromatic rings. The van der Waals surface area contributed by atoms with E-state index in [1.165, 1.54) is 12.5 Å². The van der Waals surface area contributed by atoms with Crippen molar-refractivity contribution in [2.24, 2.45) is 11.5 Å². The standard InChI is InChI=1S/C24H30N8O6S/c25-15(6-13-9-27-11-29-13)21(34)30-17(7-20(26)33)22(35)32-19(10-39)23(36)31-18(24(37)38)5-12-8-28-16-4-2-1-3-14(12)16/h1-4,8-9,11,15,17-19,28,39H,5-7,10,25H2,(H2,26,33)(H,27,29)(H,30,34)(H,31,36)(H,32,35)(H,37,38). The first-order valence-corrected chi connectivity index (χ1v) is 12.5. The smallest absolute Gasteiger partial charge is 0.326 e. The summed E-state index contributed by atoms with van der Waals surface area (Å²) in [4.78, 5) is 71.6. The minimum Gasteiger partial charge on any atom is -0.480 e. The lowest BCUT2D eigenvalue weighted by atomic mass is 10.0. The van der Waals surface area contributed by atoms with E-state index in [2.05, 4.69) is 43.5 Å². The lowest BCUT2D eigenvalue weighted by Crippen LogP contribution is -2.58. The first-order valence-electron chi connectivity index (χ1n) is 11.9. The number of carboxylic acids is 1. The quantitative estimate of drug-likeness (QED) is 0.104. The summed E-state index contributed by atoms with van der Waals surface area (Å²) in [7, 11) is 0. The predicted molar refractivity (Wildman–Crippen MR) is 143 cm³/mol. The van der Waals surface area contributed by atoms with Gasteiger partial charge in [-0.05, 0) is 11.6 Å². The van der Waals surface area contributed by atoms with Crippen LogP contribution >= 0.6 is 12.6 Å². The Morgan fingerprint density at radius 1 is 0.949 bits per heavy atom. The van der Waals surface area contributed by atoms with Gasteiger partial charge in [0, 0.05) is 47.6 Å². The Bertz CT molecular complexity index is 1330. The number of aliphatic carboxylic acids is 1. The van der Waals surface area contributed by atoms with Crippen LogP contribution < -0.4 is 27.4 Å². The van der Waals surface area contributed by atoms with E-state index in [1.807, 2.05) is 24.3 Å². The second kappa shape index (κ2) is 13.4. The molecule has 0 spiro atoms. The maximum absolute atomic E-state index is 12.9. The topological polar surface area (TPSA) is 238 Å². The number of nitrogens with one attached hydrogen (secondary N) is 5. The molecule has 0 aliphatic carbocycles. The zero-order valence-corrected chi connectivity index (χ0v) is 21.6. The lowest BCUT2D eigenvalue weighted by molar-refractivity contribution is -0.142. The SMILES string of the molecule is NC(=O)CC(NC(=O)C(N)Cc1cnc[nH]1)C(=O)NC(CS)C(=O)NC(Cc1c[nH]c2ccccc12)C(=O)O. The van der Waals surface area contributed by atoms with Crippen LogP contribution in [0.1, 0.15) is 17.7 Å². The number of imidazole rings is 1. The molecule has 39 heavy (non-hydrogen) atoms. The van der Waals surface area contributed by atoms with Gasteiger partial charge in [-0.25, -0.2) is 9.78 Å². The third-order valence-corrected chi connectivity index (χ3v) is 6.26. The fourth-order valence-corrected chi connectivity index (χ4v) is 4.13. The fourth-order valence-electron chi connectivity index (χ4n) is 3.87. The van der Waals surface area contributed by atoms with Gasteiger partial charge in [0.25, 0.3) is 0 Å². The van der Waals surface area contributed by atoms with Crippen molar-refractivity contribution in [2.75, 3.05) is 5.75 Å². The van der Waals surface area contributed by atoms with Gasteiger partial charge >= 0.3 is 5.97 Å². The molecule has 3 rings (SSSR count). The molecule has 10 N–H and O–H groups in total. The van der Waals surface area contributed by atoms with Crippen LogP contribution in [0.2, 0.25) is 0 Å². The van der Waals surface area contributed by atoms with Gasteiger partial charge in [0.05, 0.1) is 18.8 Å². The molecule has 0 bridgehead atoms. The number of fused-ring (bicyclic) bond motifs is 1. The Kier molecular flexibility index (Phi) is 10.1. The van der Waals surface area contributed by atoms with Crippen LogP contribution in [0.4, 0.5) is 0 Å². The van der Waals surface area contributed by atoms with E-state index in [4.69, 9.17) is 11.5 Å². The van der Waals surface area contributed by atoms with Crippen molar-refractivity contribution in [1.82, 2.24) is 30.9 Å². The molecule has 2 aromatic heterocycles. The number of H-pyrrole nitrogens is 2. The summed E-state index contributed by atoms with van der Waals surface area (Å²) in [5.41, 5.74) is 13.2. The number of hydrogen-bond donors (Lipinski definition) is 9. The summed E-state index contributed by atoms with van der Waals surface area (Å²) in [5.74, 6) is -4.80. The normalized spacial score (nSPS) is 14.1. The highest BCUT2D eigenvalue weighted by atomic mass is 32.1. The van der Waals surface area contributed by atoms with Crippen molar-refractivity contribution in [1.29, 1.82) is 0 Å².